The Bertz CT molecular complexity index is 851. The van der Waals surface area contributed by atoms with E-state index >= 15 is 0 Å². The number of carbonyl (C=O) groups excluding carboxylic acids is 3. The molecular weight excluding hydrogens is 390 g/mol. The first-order chi connectivity index (χ1) is 14.5. The highest BCUT2D eigenvalue weighted by Crippen LogP contribution is 2.23. The highest BCUT2D eigenvalue weighted by atomic mass is 16.6. The second-order valence-corrected chi connectivity index (χ2v) is 6.33. The van der Waals surface area contributed by atoms with Gasteiger partial charge in [0, 0.05) is 12.1 Å². The largest absolute Gasteiger partial charge is 0.496 e. The molecule has 8 heteroatoms. The van der Waals surface area contributed by atoms with E-state index in [0.717, 1.165) is 11.1 Å². The topological polar surface area (TPSA) is 100 Å². The molecule has 0 aromatic heterocycles. The zero-order valence-corrected chi connectivity index (χ0v) is 17.2. The third kappa shape index (κ3) is 6.51. The average molecular weight is 415 g/mol. The van der Waals surface area contributed by atoms with E-state index < -0.39 is 23.9 Å². The SMILES string of the molecule is COC(=O)C(Cc1ccc(OC)c(CCOC(=O)Nc2ccccc2)c1)C(=O)OC. The summed E-state index contributed by atoms with van der Waals surface area (Å²) >= 11 is 0. The van der Waals surface area contributed by atoms with Crippen molar-refractivity contribution in [2.75, 3.05) is 33.3 Å². The van der Waals surface area contributed by atoms with Crippen LogP contribution in [0.3, 0.4) is 0 Å². The molecule has 0 aliphatic carbocycles. The van der Waals surface area contributed by atoms with Gasteiger partial charge in [-0.15, -0.1) is 0 Å². The van der Waals surface area contributed by atoms with Crippen molar-refractivity contribution in [3.63, 3.8) is 0 Å². The molecule has 0 aliphatic rings. The van der Waals surface area contributed by atoms with Crippen molar-refractivity contribution in [2.45, 2.75) is 12.8 Å². The number of benzene rings is 2. The van der Waals surface area contributed by atoms with Crippen molar-refractivity contribution >= 4 is 23.7 Å². The van der Waals surface area contributed by atoms with Gasteiger partial charge in [-0.3, -0.25) is 14.9 Å². The number of para-hydroxylation sites is 1. The molecule has 0 atom stereocenters. The van der Waals surface area contributed by atoms with Crippen LogP contribution in [-0.4, -0.2) is 46.0 Å². The maximum atomic E-state index is 11.9. The van der Waals surface area contributed by atoms with Gasteiger partial charge in [-0.1, -0.05) is 30.3 Å². The predicted molar refractivity (Wildman–Crippen MR) is 109 cm³/mol. The minimum atomic E-state index is -1.06. The summed E-state index contributed by atoms with van der Waals surface area (Å²) in [6.45, 7) is 0.121. The normalized spacial score (nSPS) is 10.3. The van der Waals surface area contributed by atoms with Crippen molar-refractivity contribution in [3.8, 4) is 5.75 Å². The van der Waals surface area contributed by atoms with Crippen LogP contribution in [0.4, 0.5) is 10.5 Å². The maximum absolute atomic E-state index is 11.9. The fraction of sp³-hybridized carbons (Fsp3) is 0.318. The third-order valence-electron chi connectivity index (χ3n) is 4.38. The van der Waals surface area contributed by atoms with Gasteiger partial charge < -0.3 is 18.9 Å². The number of methoxy groups -OCH3 is 3. The molecular formula is C22H25NO7. The Morgan fingerprint density at radius 2 is 1.60 bits per heavy atom. The molecule has 0 fully saturated rings. The number of carbonyl (C=O) groups is 3. The monoisotopic (exact) mass is 415 g/mol. The molecule has 1 N–H and O–H groups in total. The zero-order chi connectivity index (χ0) is 21.9. The van der Waals surface area contributed by atoms with Crippen LogP contribution >= 0.6 is 0 Å². The lowest BCUT2D eigenvalue weighted by atomic mass is 9.97. The predicted octanol–water partition coefficient (Wildman–Crippen LogP) is 2.99. The van der Waals surface area contributed by atoms with Gasteiger partial charge in [0.1, 0.15) is 5.75 Å². The summed E-state index contributed by atoms with van der Waals surface area (Å²) in [6, 6.07) is 14.3. The smallest absolute Gasteiger partial charge is 0.411 e. The molecule has 0 bridgehead atoms. The number of hydrogen-bond acceptors (Lipinski definition) is 7. The van der Waals surface area contributed by atoms with Gasteiger partial charge in [0.25, 0.3) is 0 Å². The lowest BCUT2D eigenvalue weighted by Crippen LogP contribution is -2.28. The van der Waals surface area contributed by atoms with E-state index in [0.29, 0.717) is 17.9 Å². The van der Waals surface area contributed by atoms with Crippen molar-refractivity contribution in [1.82, 2.24) is 0 Å². The summed E-state index contributed by atoms with van der Waals surface area (Å²) in [5.41, 5.74) is 2.13. The van der Waals surface area contributed by atoms with Crippen LogP contribution in [0.1, 0.15) is 11.1 Å². The molecule has 0 saturated heterocycles. The number of anilines is 1. The van der Waals surface area contributed by atoms with E-state index in [4.69, 9.17) is 18.9 Å². The van der Waals surface area contributed by atoms with Crippen molar-refractivity contribution in [3.05, 3.63) is 59.7 Å². The summed E-state index contributed by atoms with van der Waals surface area (Å²) in [7, 11) is 3.97. The van der Waals surface area contributed by atoms with Crippen LogP contribution in [0.15, 0.2) is 48.5 Å². The number of rotatable bonds is 9. The molecule has 0 unspecified atom stereocenters. The fourth-order valence-corrected chi connectivity index (χ4v) is 2.87. The molecule has 1 amide bonds. The molecule has 0 aliphatic heterocycles. The molecule has 2 rings (SSSR count). The number of ether oxygens (including phenoxy) is 4. The summed E-state index contributed by atoms with van der Waals surface area (Å²) in [4.78, 5) is 35.7. The number of nitrogens with one attached hydrogen (secondary N) is 1. The van der Waals surface area contributed by atoms with E-state index in [-0.39, 0.29) is 13.0 Å². The van der Waals surface area contributed by atoms with E-state index in [9.17, 15) is 14.4 Å². The highest BCUT2D eigenvalue weighted by molar-refractivity contribution is 5.95. The Morgan fingerprint density at radius 1 is 0.933 bits per heavy atom. The van der Waals surface area contributed by atoms with Crippen molar-refractivity contribution in [2.24, 2.45) is 5.92 Å². The maximum Gasteiger partial charge on any atom is 0.411 e. The van der Waals surface area contributed by atoms with Gasteiger partial charge in [0.05, 0.1) is 27.9 Å². The first-order valence-corrected chi connectivity index (χ1v) is 9.28. The number of hydrogen-bond donors (Lipinski definition) is 1. The van der Waals surface area contributed by atoms with Crippen LogP contribution in [-0.2, 0) is 36.6 Å². The van der Waals surface area contributed by atoms with Gasteiger partial charge >= 0.3 is 18.0 Å². The van der Waals surface area contributed by atoms with Gasteiger partial charge in [0.15, 0.2) is 5.92 Å². The van der Waals surface area contributed by atoms with Crippen molar-refractivity contribution in [1.29, 1.82) is 0 Å². The Kier molecular flexibility index (Phi) is 8.68. The Hall–Kier alpha value is -3.55. The number of esters is 2. The minimum absolute atomic E-state index is 0.117. The van der Waals surface area contributed by atoms with Gasteiger partial charge in [-0.25, -0.2) is 4.79 Å². The van der Waals surface area contributed by atoms with E-state index in [2.05, 4.69) is 5.32 Å². The second-order valence-electron chi connectivity index (χ2n) is 6.33. The Balaban J connectivity index is 2.02. The second kappa shape index (κ2) is 11.5. The summed E-state index contributed by atoms with van der Waals surface area (Å²) in [5, 5.41) is 2.64. The molecule has 8 nitrogen and oxygen atoms in total. The molecule has 0 saturated carbocycles. The first kappa shape index (κ1) is 22.7. The summed E-state index contributed by atoms with van der Waals surface area (Å²) in [5.74, 6) is -1.78. The van der Waals surface area contributed by atoms with Gasteiger partial charge in [0.2, 0.25) is 0 Å². The first-order valence-electron chi connectivity index (χ1n) is 9.28. The van der Waals surface area contributed by atoms with Crippen molar-refractivity contribution < 1.29 is 33.3 Å². The molecule has 0 spiro atoms. The fourth-order valence-electron chi connectivity index (χ4n) is 2.87. The Labute approximate surface area is 175 Å². The van der Waals surface area contributed by atoms with Crippen LogP contribution in [0, 0.1) is 5.92 Å². The summed E-state index contributed by atoms with van der Waals surface area (Å²) in [6.07, 6.45) is -0.0563. The highest BCUT2D eigenvalue weighted by Gasteiger charge is 2.29. The quantitative estimate of drug-likeness (QED) is 0.382. The van der Waals surface area contributed by atoms with Crippen LogP contribution < -0.4 is 10.1 Å². The number of amides is 1. The molecule has 2 aromatic carbocycles. The van der Waals surface area contributed by atoms with E-state index in [1.807, 2.05) is 18.2 Å². The van der Waals surface area contributed by atoms with Crippen LogP contribution in [0.2, 0.25) is 0 Å². The standard InChI is InChI=1S/C22H25NO7/c1-27-19-10-9-15(14-18(20(24)28-2)21(25)29-3)13-16(19)11-12-30-22(26)23-17-7-5-4-6-8-17/h4-10,13,18H,11-12,14H2,1-3H3,(H,23,26). The Morgan fingerprint density at radius 3 is 2.20 bits per heavy atom. The van der Waals surface area contributed by atoms with Gasteiger partial charge in [-0.2, -0.15) is 0 Å². The molecule has 30 heavy (non-hydrogen) atoms. The lowest BCUT2D eigenvalue weighted by molar-refractivity contribution is -0.158. The molecule has 0 heterocycles. The van der Waals surface area contributed by atoms with E-state index in [1.165, 1.54) is 21.3 Å². The zero-order valence-electron chi connectivity index (χ0n) is 17.2. The lowest BCUT2D eigenvalue weighted by Gasteiger charge is -2.15. The van der Waals surface area contributed by atoms with Crippen LogP contribution in [0.5, 0.6) is 5.75 Å². The summed E-state index contributed by atoms with van der Waals surface area (Å²) < 4.78 is 20.0. The molecule has 2 aromatic rings. The average Bonchev–Trinajstić information content (AvgIpc) is 2.77. The molecule has 160 valence electrons. The van der Waals surface area contributed by atoms with Gasteiger partial charge in [-0.05, 0) is 35.7 Å². The third-order valence-corrected chi connectivity index (χ3v) is 4.38. The molecule has 0 radical (unpaired) electrons. The van der Waals surface area contributed by atoms with Crippen LogP contribution in [0.25, 0.3) is 0 Å². The minimum Gasteiger partial charge on any atom is -0.496 e. The van der Waals surface area contributed by atoms with E-state index in [1.54, 1.807) is 30.3 Å².